The Morgan fingerprint density at radius 3 is 2.36 bits per heavy atom. The topological polar surface area (TPSA) is 89.8 Å². The zero-order valence-electron chi connectivity index (χ0n) is 19.4. The number of aryl methyl sites for hydroxylation is 5. The van der Waals surface area contributed by atoms with Gasteiger partial charge in [0.1, 0.15) is 9.88 Å². The van der Waals surface area contributed by atoms with E-state index in [1.165, 1.54) is 38.5 Å². The standard InChI is InChI=1S/C24H25N5O2S2/c1-12-7-9-17(10-8-12)11-18-15(4)26-24(32-18)27-21(30)20-16(5)25-22(33-20)19-13(2)14(3)28-29(6)23(19)31/h7-10H,11H2,1-6H3,(H,26,27,30). The summed E-state index contributed by atoms with van der Waals surface area (Å²) >= 11 is 2.69. The zero-order valence-corrected chi connectivity index (χ0v) is 21.1. The molecule has 3 heterocycles. The number of anilines is 1. The van der Waals surface area contributed by atoms with Gasteiger partial charge in [0.2, 0.25) is 0 Å². The average Bonchev–Trinajstić information content (AvgIpc) is 3.30. The highest BCUT2D eigenvalue weighted by molar-refractivity contribution is 7.18. The first-order valence-electron chi connectivity index (χ1n) is 10.5. The van der Waals surface area contributed by atoms with Crippen molar-refractivity contribution in [1.82, 2.24) is 19.7 Å². The average molecular weight is 480 g/mol. The summed E-state index contributed by atoms with van der Waals surface area (Å²) in [5.74, 6) is -0.271. The van der Waals surface area contributed by atoms with Gasteiger partial charge in [0.25, 0.3) is 11.5 Å². The van der Waals surface area contributed by atoms with Crippen molar-refractivity contribution in [3.05, 3.63) is 78.1 Å². The fourth-order valence-corrected chi connectivity index (χ4v) is 5.55. The van der Waals surface area contributed by atoms with E-state index in [1.807, 2.05) is 20.8 Å². The Morgan fingerprint density at radius 1 is 0.970 bits per heavy atom. The van der Waals surface area contributed by atoms with Gasteiger partial charge in [-0.2, -0.15) is 5.10 Å². The van der Waals surface area contributed by atoms with Crippen LogP contribution in [-0.4, -0.2) is 25.7 Å². The number of thiazole rings is 2. The Morgan fingerprint density at radius 2 is 1.67 bits per heavy atom. The first-order chi connectivity index (χ1) is 15.6. The maximum Gasteiger partial charge on any atom is 0.277 e. The third-order valence-corrected chi connectivity index (χ3v) is 7.79. The Hall–Kier alpha value is -3.17. The molecule has 0 spiro atoms. The van der Waals surface area contributed by atoms with Gasteiger partial charge >= 0.3 is 0 Å². The van der Waals surface area contributed by atoms with E-state index in [0.29, 0.717) is 26.3 Å². The van der Waals surface area contributed by atoms with Gasteiger partial charge < -0.3 is 0 Å². The SMILES string of the molecule is Cc1ccc(Cc2sc(NC(=O)c3sc(-c4c(C)c(C)nn(C)c4=O)nc3C)nc2C)cc1. The van der Waals surface area contributed by atoms with Crippen LogP contribution in [0.4, 0.5) is 5.13 Å². The van der Waals surface area contributed by atoms with Crippen molar-refractivity contribution in [1.29, 1.82) is 0 Å². The van der Waals surface area contributed by atoms with Crippen molar-refractivity contribution in [2.24, 2.45) is 7.05 Å². The van der Waals surface area contributed by atoms with Crippen LogP contribution in [0.2, 0.25) is 0 Å². The van der Waals surface area contributed by atoms with Gasteiger partial charge in [-0.05, 0) is 45.7 Å². The Bertz CT molecular complexity index is 1410. The molecule has 0 saturated heterocycles. The van der Waals surface area contributed by atoms with Crippen LogP contribution >= 0.6 is 22.7 Å². The summed E-state index contributed by atoms with van der Waals surface area (Å²) in [5, 5.41) is 8.21. The monoisotopic (exact) mass is 479 g/mol. The highest BCUT2D eigenvalue weighted by Crippen LogP contribution is 2.30. The molecular weight excluding hydrogens is 454 g/mol. The summed E-state index contributed by atoms with van der Waals surface area (Å²) < 4.78 is 1.31. The van der Waals surface area contributed by atoms with Crippen molar-refractivity contribution in [3.8, 4) is 10.6 Å². The van der Waals surface area contributed by atoms with E-state index >= 15 is 0 Å². The van der Waals surface area contributed by atoms with E-state index in [9.17, 15) is 9.59 Å². The molecule has 4 rings (SSSR count). The molecule has 0 aliphatic rings. The summed E-state index contributed by atoms with van der Waals surface area (Å²) in [6, 6.07) is 8.42. The number of rotatable bonds is 5. The molecule has 1 N–H and O–H groups in total. The molecule has 0 fully saturated rings. The minimum absolute atomic E-state index is 0.227. The Labute approximate surface area is 200 Å². The van der Waals surface area contributed by atoms with Crippen molar-refractivity contribution in [2.75, 3.05) is 5.32 Å². The minimum atomic E-state index is -0.271. The molecule has 7 nitrogen and oxygen atoms in total. The predicted molar refractivity (Wildman–Crippen MR) is 134 cm³/mol. The minimum Gasteiger partial charge on any atom is -0.297 e. The van der Waals surface area contributed by atoms with E-state index in [-0.39, 0.29) is 11.5 Å². The second-order valence-corrected chi connectivity index (χ2v) is 10.2. The number of amides is 1. The lowest BCUT2D eigenvalue weighted by molar-refractivity contribution is 0.103. The molecule has 0 aliphatic carbocycles. The van der Waals surface area contributed by atoms with Gasteiger partial charge in [-0.25, -0.2) is 14.6 Å². The summed E-state index contributed by atoms with van der Waals surface area (Å²) in [7, 11) is 1.62. The maximum absolute atomic E-state index is 13.0. The molecule has 0 bridgehead atoms. The molecule has 1 amide bonds. The third kappa shape index (κ3) is 4.65. The molecule has 33 heavy (non-hydrogen) atoms. The van der Waals surface area contributed by atoms with Crippen molar-refractivity contribution < 1.29 is 4.79 Å². The van der Waals surface area contributed by atoms with Crippen LogP contribution in [0.1, 0.15) is 48.3 Å². The van der Waals surface area contributed by atoms with E-state index in [1.54, 1.807) is 14.0 Å². The molecule has 0 atom stereocenters. The van der Waals surface area contributed by atoms with Crippen molar-refractivity contribution in [3.63, 3.8) is 0 Å². The summed E-state index contributed by atoms with van der Waals surface area (Å²) in [6.45, 7) is 9.50. The van der Waals surface area contributed by atoms with Crippen molar-refractivity contribution in [2.45, 2.75) is 41.0 Å². The van der Waals surface area contributed by atoms with E-state index < -0.39 is 0 Å². The molecule has 4 aromatic rings. The van der Waals surface area contributed by atoms with Crippen LogP contribution in [0.15, 0.2) is 29.1 Å². The summed E-state index contributed by atoms with van der Waals surface area (Å²) in [4.78, 5) is 36.4. The summed E-state index contributed by atoms with van der Waals surface area (Å²) in [5.41, 5.74) is 5.71. The number of carbonyl (C=O) groups excluding carboxylic acids is 1. The fourth-order valence-electron chi connectivity index (χ4n) is 3.51. The second kappa shape index (κ2) is 8.99. The molecule has 170 valence electrons. The van der Waals surface area contributed by atoms with E-state index in [4.69, 9.17) is 0 Å². The van der Waals surface area contributed by atoms with Crippen LogP contribution in [0, 0.1) is 34.6 Å². The molecule has 1 aromatic carbocycles. The van der Waals surface area contributed by atoms with E-state index in [0.717, 1.165) is 28.2 Å². The van der Waals surface area contributed by atoms with E-state index in [2.05, 4.69) is 51.6 Å². The molecular formula is C24H25N5O2S2. The Kier molecular flexibility index (Phi) is 6.27. The smallest absolute Gasteiger partial charge is 0.277 e. The normalized spacial score (nSPS) is 11.1. The van der Waals surface area contributed by atoms with Crippen LogP contribution in [-0.2, 0) is 13.5 Å². The van der Waals surface area contributed by atoms with Gasteiger partial charge in [0.05, 0.1) is 22.6 Å². The fraction of sp³-hybridized carbons (Fsp3) is 0.292. The van der Waals surface area contributed by atoms with Crippen LogP contribution < -0.4 is 10.9 Å². The largest absolute Gasteiger partial charge is 0.297 e. The number of carbonyl (C=O) groups is 1. The number of benzene rings is 1. The van der Waals surface area contributed by atoms with Gasteiger partial charge in [0.15, 0.2) is 5.13 Å². The molecule has 9 heteroatoms. The Balaban J connectivity index is 1.58. The first-order valence-corrected chi connectivity index (χ1v) is 12.1. The van der Waals surface area contributed by atoms with Gasteiger partial charge in [0, 0.05) is 18.3 Å². The maximum atomic E-state index is 13.0. The second-order valence-electron chi connectivity index (χ2n) is 8.09. The molecule has 0 radical (unpaired) electrons. The van der Waals surface area contributed by atoms with Gasteiger partial charge in [-0.15, -0.1) is 22.7 Å². The van der Waals surface area contributed by atoms with Crippen LogP contribution in [0.5, 0.6) is 0 Å². The van der Waals surface area contributed by atoms with Gasteiger partial charge in [-0.3, -0.25) is 14.9 Å². The van der Waals surface area contributed by atoms with Crippen molar-refractivity contribution >= 4 is 33.7 Å². The lowest BCUT2D eigenvalue weighted by Crippen LogP contribution is -2.23. The van der Waals surface area contributed by atoms with Gasteiger partial charge in [-0.1, -0.05) is 29.8 Å². The van der Waals surface area contributed by atoms with Crippen LogP contribution in [0.3, 0.4) is 0 Å². The zero-order chi connectivity index (χ0) is 23.9. The molecule has 3 aromatic heterocycles. The summed E-state index contributed by atoms with van der Waals surface area (Å²) in [6.07, 6.45) is 0.771. The third-order valence-electron chi connectivity index (χ3n) is 5.54. The predicted octanol–water partition coefficient (Wildman–Crippen LogP) is 4.75. The highest BCUT2D eigenvalue weighted by Gasteiger charge is 2.22. The lowest BCUT2D eigenvalue weighted by atomic mass is 10.1. The molecule has 0 aliphatic heterocycles. The number of aromatic nitrogens is 4. The number of hydrogen-bond donors (Lipinski definition) is 1. The van der Waals surface area contributed by atoms with Crippen LogP contribution in [0.25, 0.3) is 10.6 Å². The lowest BCUT2D eigenvalue weighted by Gasteiger charge is -2.07. The number of nitrogens with zero attached hydrogens (tertiary/aromatic N) is 4. The quantitative estimate of drug-likeness (QED) is 0.446. The first kappa shape index (κ1) is 23.0. The molecule has 0 unspecified atom stereocenters. The molecule has 0 saturated carbocycles. The highest BCUT2D eigenvalue weighted by atomic mass is 32.1. The number of hydrogen-bond acceptors (Lipinski definition) is 7. The number of nitrogens with one attached hydrogen (secondary N) is 1.